The minimum Gasteiger partial charge on any atom is -0.469 e. The third-order valence-corrected chi connectivity index (χ3v) is 5.16. The first kappa shape index (κ1) is 15.3. The van der Waals surface area contributed by atoms with Crippen LogP contribution in [-0.4, -0.2) is 36.1 Å². The Balaban J connectivity index is 1.91. The quantitative estimate of drug-likeness (QED) is 0.804. The van der Waals surface area contributed by atoms with Crippen molar-refractivity contribution in [1.29, 1.82) is 0 Å². The van der Waals surface area contributed by atoms with Gasteiger partial charge in [-0.2, -0.15) is 0 Å². The largest absolute Gasteiger partial charge is 0.469 e. The minimum absolute atomic E-state index is 0.0487. The summed E-state index contributed by atoms with van der Waals surface area (Å²) in [6.07, 6.45) is 3.16. The molecule has 2 heterocycles. The summed E-state index contributed by atoms with van der Waals surface area (Å²) in [5.41, 5.74) is 0.656. The van der Waals surface area contributed by atoms with Gasteiger partial charge in [-0.3, -0.25) is 4.79 Å². The average Bonchev–Trinajstić information content (AvgIpc) is 3.03. The molecule has 2 fully saturated rings. The van der Waals surface area contributed by atoms with E-state index < -0.39 is 0 Å². The highest BCUT2D eigenvalue weighted by atomic mass is 16.5. The fraction of sp³-hybridized carbons (Fsp3) is 0.706. The van der Waals surface area contributed by atoms with Crippen LogP contribution < -0.4 is 4.90 Å². The number of carbonyl (C=O) groups excluding carboxylic acids is 1. The van der Waals surface area contributed by atoms with Crippen LogP contribution in [0.25, 0.3) is 0 Å². The number of methoxy groups -OCH3 is 1. The summed E-state index contributed by atoms with van der Waals surface area (Å²) >= 11 is 0. The molecule has 2 unspecified atom stereocenters. The van der Waals surface area contributed by atoms with Crippen molar-refractivity contribution in [3.8, 4) is 0 Å². The monoisotopic (exact) mass is 303 g/mol. The summed E-state index contributed by atoms with van der Waals surface area (Å²) in [5.74, 6) is 2.47. The molecule has 1 saturated heterocycles. The predicted octanol–water partition coefficient (Wildman–Crippen LogP) is 2.69. The van der Waals surface area contributed by atoms with Crippen molar-refractivity contribution in [3.63, 3.8) is 0 Å². The first-order chi connectivity index (χ1) is 10.5. The molecule has 1 saturated carbocycles. The number of aromatic nitrogens is 2. The second-order valence-corrected chi connectivity index (χ2v) is 7.00. The molecule has 22 heavy (non-hydrogen) atoms. The number of carbonyl (C=O) groups is 1. The molecule has 0 spiro atoms. The maximum Gasteiger partial charge on any atom is 0.313 e. The number of esters is 1. The number of hydrogen-bond acceptors (Lipinski definition) is 5. The Morgan fingerprint density at radius 1 is 1.45 bits per heavy atom. The minimum atomic E-state index is -0.328. The van der Waals surface area contributed by atoms with E-state index in [2.05, 4.69) is 23.7 Å². The van der Waals surface area contributed by atoms with Crippen molar-refractivity contribution in [2.75, 3.05) is 25.1 Å². The Hall–Kier alpha value is -1.65. The molecule has 120 valence electrons. The van der Waals surface area contributed by atoms with Gasteiger partial charge in [-0.15, -0.1) is 0 Å². The Kier molecular flexibility index (Phi) is 3.83. The molecule has 0 amide bonds. The van der Waals surface area contributed by atoms with Gasteiger partial charge in [0.15, 0.2) is 0 Å². The van der Waals surface area contributed by atoms with Crippen LogP contribution in [0.15, 0.2) is 6.07 Å². The number of fused-ring (bicyclic) bond motifs is 1. The number of rotatable bonds is 3. The SMILES string of the molecule is COC(=O)C12CCCC1CN(c1cc(C)nc(C(C)C)n1)C2. The van der Waals surface area contributed by atoms with Crippen LogP contribution in [0.3, 0.4) is 0 Å². The predicted molar refractivity (Wildman–Crippen MR) is 84.9 cm³/mol. The number of ether oxygens (including phenoxy) is 1. The van der Waals surface area contributed by atoms with Gasteiger partial charge in [0, 0.05) is 30.8 Å². The normalized spacial score (nSPS) is 27.3. The molecule has 0 radical (unpaired) electrons. The van der Waals surface area contributed by atoms with Crippen molar-refractivity contribution in [2.45, 2.75) is 46.0 Å². The van der Waals surface area contributed by atoms with E-state index in [-0.39, 0.29) is 11.4 Å². The molecule has 0 aromatic carbocycles. The van der Waals surface area contributed by atoms with Crippen LogP contribution in [-0.2, 0) is 9.53 Å². The smallest absolute Gasteiger partial charge is 0.313 e. The van der Waals surface area contributed by atoms with Gasteiger partial charge in [-0.1, -0.05) is 20.3 Å². The summed E-state index contributed by atoms with van der Waals surface area (Å²) < 4.78 is 5.11. The third-order valence-electron chi connectivity index (χ3n) is 5.16. The van der Waals surface area contributed by atoms with Crippen LogP contribution in [0, 0.1) is 18.3 Å². The van der Waals surface area contributed by atoms with E-state index in [4.69, 9.17) is 9.72 Å². The average molecular weight is 303 g/mol. The zero-order valence-corrected chi connectivity index (χ0v) is 13.9. The fourth-order valence-corrected chi connectivity index (χ4v) is 4.00. The second-order valence-electron chi connectivity index (χ2n) is 7.00. The zero-order valence-electron chi connectivity index (χ0n) is 13.9. The van der Waals surface area contributed by atoms with Crippen LogP contribution in [0.5, 0.6) is 0 Å². The molecular weight excluding hydrogens is 278 g/mol. The second kappa shape index (κ2) is 5.52. The molecule has 2 atom stereocenters. The topological polar surface area (TPSA) is 55.3 Å². The number of nitrogens with zero attached hydrogens (tertiary/aromatic N) is 3. The van der Waals surface area contributed by atoms with E-state index in [0.717, 1.165) is 49.7 Å². The van der Waals surface area contributed by atoms with Gasteiger partial charge < -0.3 is 9.64 Å². The maximum absolute atomic E-state index is 12.4. The Morgan fingerprint density at radius 2 is 2.23 bits per heavy atom. The number of anilines is 1. The molecule has 1 aromatic rings. The van der Waals surface area contributed by atoms with Crippen molar-refractivity contribution in [2.24, 2.45) is 11.3 Å². The van der Waals surface area contributed by atoms with Crippen molar-refractivity contribution in [3.05, 3.63) is 17.6 Å². The van der Waals surface area contributed by atoms with Gasteiger partial charge in [0.1, 0.15) is 11.6 Å². The van der Waals surface area contributed by atoms with E-state index in [1.165, 1.54) is 7.11 Å². The summed E-state index contributed by atoms with van der Waals surface area (Å²) in [5, 5.41) is 0. The van der Waals surface area contributed by atoms with Gasteiger partial charge in [0.25, 0.3) is 0 Å². The van der Waals surface area contributed by atoms with Gasteiger partial charge in [-0.05, 0) is 25.7 Å². The van der Waals surface area contributed by atoms with Crippen LogP contribution in [0.4, 0.5) is 5.82 Å². The van der Waals surface area contributed by atoms with E-state index >= 15 is 0 Å². The van der Waals surface area contributed by atoms with E-state index in [1.54, 1.807) is 0 Å². The van der Waals surface area contributed by atoms with Crippen LogP contribution in [0.2, 0.25) is 0 Å². The molecule has 3 rings (SSSR count). The van der Waals surface area contributed by atoms with E-state index in [9.17, 15) is 4.79 Å². The molecule has 1 aliphatic heterocycles. The standard InChI is InChI=1S/C17H25N3O2/c1-11(2)15-18-12(3)8-14(19-15)20-9-13-6-5-7-17(13,10-20)16(21)22-4/h8,11,13H,5-7,9-10H2,1-4H3. The maximum atomic E-state index is 12.4. The third kappa shape index (κ3) is 2.36. The molecule has 0 bridgehead atoms. The Morgan fingerprint density at radius 3 is 2.91 bits per heavy atom. The highest BCUT2D eigenvalue weighted by Crippen LogP contribution is 2.50. The van der Waals surface area contributed by atoms with Crippen LogP contribution >= 0.6 is 0 Å². The molecule has 1 aliphatic carbocycles. The fourth-order valence-electron chi connectivity index (χ4n) is 4.00. The highest BCUT2D eigenvalue weighted by molar-refractivity contribution is 5.79. The Labute approximate surface area is 132 Å². The van der Waals surface area contributed by atoms with Gasteiger partial charge >= 0.3 is 5.97 Å². The molecule has 5 heteroatoms. The van der Waals surface area contributed by atoms with Crippen LogP contribution in [0.1, 0.15) is 50.5 Å². The Bertz CT molecular complexity index is 587. The summed E-state index contributed by atoms with van der Waals surface area (Å²) in [6, 6.07) is 2.03. The van der Waals surface area contributed by atoms with E-state index in [0.29, 0.717) is 11.8 Å². The van der Waals surface area contributed by atoms with E-state index in [1.807, 2.05) is 13.0 Å². The lowest BCUT2D eigenvalue weighted by Gasteiger charge is -2.25. The summed E-state index contributed by atoms with van der Waals surface area (Å²) in [4.78, 5) is 23.8. The molecule has 0 N–H and O–H groups in total. The van der Waals surface area contributed by atoms with Gasteiger partial charge in [-0.25, -0.2) is 9.97 Å². The highest BCUT2D eigenvalue weighted by Gasteiger charge is 2.55. The molecular formula is C17H25N3O2. The van der Waals surface area contributed by atoms with Crippen molar-refractivity contribution < 1.29 is 9.53 Å². The lowest BCUT2D eigenvalue weighted by atomic mass is 9.81. The van der Waals surface area contributed by atoms with Gasteiger partial charge in [0.05, 0.1) is 12.5 Å². The molecule has 5 nitrogen and oxygen atoms in total. The van der Waals surface area contributed by atoms with Crippen molar-refractivity contribution >= 4 is 11.8 Å². The number of aryl methyl sites for hydroxylation is 1. The molecule has 2 aliphatic rings. The first-order valence-electron chi connectivity index (χ1n) is 8.15. The van der Waals surface area contributed by atoms with Crippen molar-refractivity contribution in [1.82, 2.24) is 9.97 Å². The lowest BCUT2D eigenvalue weighted by molar-refractivity contribution is -0.152. The summed E-state index contributed by atoms with van der Waals surface area (Å²) in [6.45, 7) is 7.83. The zero-order chi connectivity index (χ0) is 15.9. The van der Waals surface area contributed by atoms with Gasteiger partial charge in [0.2, 0.25) is 0 Å². The number of hydrogen-bond donors (Lipinski definition) is 0. The lowest BCUT2D eigenvalue weighted by Crippen LogP contribution is -2.37. The summed E-state index contributed by atoms with van der Waals surface area (Å²) in [7, 11) is 1.50. The first-order valence-corrected chi connectivity index (χ1v) is 8.15. The molecule has 1 aromatic heterocycles.